The van der Waals surface area contributed by atoms with E-state index in [9.17, 15) is 14.7 Å². The number of aromatic nitrogens is 2. The largest absolute Gasteiger partial charge is 0.387 e. The topological polar surface area (TPSA) is 75.4 Å². The smallest absolute Gasteiger partial charge is 0.269 e. The number of rotatable bonds is 5. The highest BCUT2D eigenvalue weighted by atomic mass is 16.3. The molecule has 6 nitrogen and oxygen atoms in total. The SMILES string of the molecule is CC(CC1CCCCC1)C(=O)N1CCC(O)(Cn2ccncc2=O)C(C)(C)C1. The highest BCUT2D eigenvalue weighted by molar-refractivity contribution is 5.78. The molecule has 2 aliphatic rings. The Kier molecular flexibility index (Phi) is 6.28. The van der Waals surface area contributed by atoms with E-state index in [0.717, 1.165) is 6.42 Å². The highest BCUT2D eigenvalue weighted by Gasteiger charge is 2.49. The molecule has 2 heterocycles. The van der Waals surface area contributed by atoms with Gasteiger partial charge in [0, 0.05) is 36.8 Å². The zero-order valence-electron chi connectivity index (χ0n) is 17.6. The first-order chi connectivity index (χ1) is 13.2. The lowest BCUT2D eigenvalue weighted by Crippen LogP contribution is -2.61. The van der Waals surface area contributed by atoms with Crippen molar-refractivity contribution in [1.82, 2.24) is 14.5 Å². The third-order valence-electron chi connectivity index (χ3n) is 7.02. The number of likely N-dealkylation sites (tertiary alicyclic amines) is 1. The van der Waals surface area contributed by atoms with Gasteiger partial charge in [-0.3, -0.25) is 14.6 Å². The van der Waals surface area contributed by atoms with Crippen LogP contribution in [-0.2, 0) is 11.3 Å². The molecule has 0 spiro atoms. The number of nitrogens with zero attached hydrogens (tertiary/aromatic N) is 3. The Morgan fingerprint density at radius 1 is 1.32 bits per heavy atom. The van der Waals surface area contributed by atoms with Crippen molar-refractivity contribution in [3.05, 3.63) is 28.9 Å². The van der Waals surface area contributed by atoms with E-state index < -0.39 is 11.0 Å². The van der Waals surface area contributed by atoms with Gasteiger partial charge in [0.15, 0.2) is 0 Å². The molecule has 3 rings (SSSR count). The second kappa shape index (κ2) is 8.36. The second-order valence-corrected chi connectivity index (χ2v) is 9.61. The van der Waals surface area contributed by atoms with E-state index in [0.29, 0.717) is 25.4 Å². The van der Waals surface area contributed by atoms with E-state index >= 15 is 0 Å². The quantitative estimate of drug-likeness (QED) is 0.840. The first-order valence-corrected chi connectivity index (χ1v) is 10.7. The van der Waals surface area contributed by atoms with E-state index in [4.69, 9.17) is 0 Å². The molecule has 2 unspecified atom stereocenters. The first kappa shape index (κ1) is 21.0. The number of hydrogen-bond acceptors (Lipinski definition) is 4. The van der Waals surface area contributed by atoms with E-state index in [1.165, 1.54) is 42.9 Å². The summed E-state index contributed by atoms with van der Waals surface area (Å²) in [5.74, 6) is 0.927. The van der Waals surface area contributed by atoms with E-state index in [1.807, 2.05) is 18.7 Å². The van der Waals surface area contributed by atoms with Crippen LogP contribution in [0.4, 0.5) is 0 Å². The maximum absolute atomic E-state index is 13.1. The molecule has 1 N–H and O–H groups in total. The summed E-state index contributed by atoms with van der Waals surface area (Å²) in [6.07, 6.45) is 12.3. The molecule has 1 aliphatic heterocycles. The summed E-state index contributed by atoms with van der Waals surface area (Å²) in [6.45, 7) is 7.31. The summed E-state index contributed by atoms with van der Waals surface area (Å²) in [5.41, 5.74) is -1.76. The Morgan fingerprint density at radius 3 is 2.68 bits per heavy atom. The van der Waals surface area contributed by atoms with Crippen molar-refractivity contribution in [2.75, 3.05) is 13.1 Å². The summed E-state index contributed by atoms with van der Waals surface area (Å²) in [5, 5.41) is 11.4. The van der Waals surface area contributed by atoms with Crippen LogP contribution in [0.15, 0.2) is 23.4 Å². The fraction of sp³-hybridized carbons (Fsp3) is 0.773. The molecule has 1 amide bonds. The maximum Gasteiger partial charge on any atom is 0.269 e. The van der Waals surface area contributed by atoms with Crippen LogP contribution in [0.1, 0.15) is 65.7 Å². The molecule has 1 aromatic rings. The van der Waals surface area contributed by atoms with E-state index in [-0.39, 0.29) is 23.9 Å². The van der Waals surface area contributed by atoms with Gasteiger partial charge in [-0.25, -0.2) is 0 Å². The third kappa shape index (κ3) is 4.48. The Labute approximate surface area is 168 Å². The van der Waals surface area contributed by atoms with Crippen LogP contribution in [0.5, 0.6) is 0 Å². The van der Waals surface area contributed by atoms with Gasteiger partial charge in [-0.05, 0) is 18.8 Å². The lowest BCUT2D eigenvalue weighted by Gasteiger charge is -2.50. The van der Waals surface area contributed by atoms with Gasteiger partial charge in [-0.1, -0.05) is 52.9 Å². The molecule has 156 valence electrons. The number of piperidine rings is 1. The second-order valence-electron chi connectivity index (χ2n) is 9.61. The van der Waals surface area contributed by atoms with Crippen LogP contribution < -0.4 is 5.56 Å². The monoisotopic (exact) mass is 389 g/mol. The van der Waals surface area contributed by atoms with E-state index in [1.54, 1.807) is 12.4 Å². The van der Waals surface area contributed by atoms with Crippen molar-refractivity contribution in [2.45, 2.75) is 77.9 Å². The molecule has 1 saturated carbocycles. The fourth-order valence-corrected chi connectivity index (χ4v) is 4.96. The number of carbonyl (C=O) groups excluding carboxylic acids is 1. The van der Waals surface area contributed by atoms with Crippen LogP contribution in [0.2, 0.25) is 0 Å². The average Bonchev–Trinajstić information content (AvgIpc) is 2.66. The first-order valence-electron chi connectivity index (χ1n) is 10.7. The number of amides is 1. The van der Waals surface area contributed by atoms with Gasteiger partial charge in [0.1, 0.15) is 0 Å². The fourth-order valence-electron chi connectivity index (χ4n) is 4.96. The summed E-state index contributed by atoms with van der Waals surface area (Å²) in [4.78, 5) is 30.8. The van der Waals surface area contributed by atoms with Gasteiger partial charge in [-0.2, -0.15) is 0 Å². The van der Waals surface area contributed by atoms with Gasteiger partial charge in [-0.15, -0.1) is 0 Å². The van der Waals surface area contributed by atoms with Crippen LogP contribution in [0.3, 0.4) is 0 Å². The molecule has 28 heavy (non-hydrogen) atoms. The van der Waals surface area contributed by atoms with Gasteiger partial charge in [0.05, 0.1) is 18.3 Å². The predicted octanol–water partition coefficient (Wildman–Crippen LogP) is 2.84. The Morgan fingerprint density at radius 2 is 2.04 bits per heavy atom. The number of carbonyl (C=O) groups is 1. The standard InChI is InChI=1S/C22H35N3O3/c1-17(13-18-7-5-4-6-8-18)20(27)25-11-9-22(28,21(2,3)15-25)16-24-12-10-23-14-19(24)26/h10,12,14,17-18,28H,4-9,11,13,15-16H2,1-3H3. The van der Waals surface area contributed by atoms with Crippen LogP contribution in [0.25, 0.3) is 0 Å². The zero-order valence-corrected chi connectivity index (χ0v) is 17.6. The number of aliphatic hydroxyl groups is 1. The summed E-state index contributed by atoms with van der Waals surface area (Å²) in [6, 6.07) is 0. The van der Waals surface area contributed by atoms with Crippen molar-refractivity contribution in [3.8, 4) is 0 Å². The lowest BCUT2D eigenvalue weighted by atomic mass is 9.69. The number of hydrogen-bond donors (Lipinski definition) is 1. The van der Waals surface area contributed by atoms with Crippen molar-refractivity contribution < 1.29 is 9.90 Å². The van der Waals surface area contributed by atoms with Crippen LogP contribution >= 0.6 is 0 Å². The van der Waals surface area contributed by atoms with Crippen molar-refractivity contribution in [1.29, 1.82) is 0 Å². The minimum Gasteiger partial charge on any atom is -0.387 e. The van der Waals surface area contributed by atoms with E-state index in [2.05, 4.69) is 11.9 Å². The summed E-state index contributed by atoms with van der Waals surface area (Å²) < 4.78 is 1.51. The molecule has 6 heteroatoms. The van der Waals surface area contributed by atoms with Crippen molar-refractivity contribution in [2.24, 2.45) is 17.3 Å². The van der Waals surface area contributed by atoms with Crippen LogP contribution in [-0.4, -0.2) is 44.2 Å². The third-order valence-corrected chi connectivity index (χ3v) is 7.02. The minimum atomic E-state index is -1.04. The highest BCUT2D eigenvalue weighted by Crippen LogP contribution is 2.40. The van der Waals surface area contributed by atoms with Crippen molar-refractivity contribution >= 4 is 5.91 Å². The predicted molar refractivity (Wildman–Crippen MR) is 109 cm³/mol. The molecule has 0 radical (unpaired) electrons. The Bertz CT molecular complexity index is 739. The average molecular weight is 390 g/mol. The normalized spacial score (nSPS) is 26.8. The Balaban J connectivity index is 1.64. The molecular formula is C22H35N3O3. The molecule has 1 aromatic heterocycles. The Hall–Kier alpha value is -1.69. The molecular weight excluding hydrogens is 354 g/mol. The van der Waals surface area contributed by atoms with Gasteiger partial charge in [0.2, 0.25) is 5.91 Å². The molecule has 1 aliphatic carbocycles. The maximum atomic E-state index is 13.1. The molecule has 1 saturated heterocycles. The minimum absolute atomic E-state index is 0.0351. The summed E-state index contributed by atoms with van der Waals surface area (Å²) >= 11 is 0. The van der Waals surface area contributed by atoms with Gasteiger partial charge >= 0.3 is 0 Å². The summed E-state index contributed by atoms with van der Waals surface area (Å²) in [7, 11) is 0. The van der Waals surface area contributed by atoms with Crippen LogP contribution in [0, 0.1) is 17.3 Å². The lowest BCUT2D eigenvalue weighted by molar-refractivity contribution is -0.157. The molecule has 0 bridgehead atoms. The zero-order chi connectivity index (χ0) is 20.4. The van der Waals surface area contributed by atoms with Gasteiger partial charge < -0.3 is 14.6 Å². The molecule has 0 aromatic carbocycles. The van der Waals surface area contributed by atoms with Gasteiger partial charge in [0.25, 0.3) is 5.56 Å². The van der Waals surface area contributed by atoms with Crippen molar-refractivity contribution in [3.63, 3.8) is 0 Å². The molecule has 2 atom stereocenters. The molecule has 2 fully saturated rings.